The predicted molar refractivity (Wildman–Crippen MR) is 237 cm³/mol. The Morgan fingerprint density at radius 3 is 2.35 bits per heavy atom. The highest BCUT2D eigenvalue weighted by Crippen LogP contribution is 2.38. The first-order valence-corrected chi connectivity index (χ1v) is 22.4. The number of rotatable bonds is 15. The second-order valence-corrected chi connectivity index (χ2v) is 17.7. The minimum Gasteiger partial charge on any atom is -0.462 e. The molecule has 0 saturated carbocycles. The summed E-state index contributed by atoms with van der Waals surface area (Å²) >= 11 is 0. The van der Waals surface area contributed by atoms with Crippen molar-refractivity contribution in [2.45, 2.75) is 165 Å². The molecule has 16 atom stereocenters. The number of benzene rings is 1. The summed E-state index contributed by atoms with van der Waals surface area (Å²) in [5, 5.41) is 46.0. The third-order valence-corrected chi connectivity index (χ3v) is 12.1. The van der Waals surface area contributed by atoms with E-state index in [4.69, 9.17) is 37.9 Å². The SMILES string of the molecule is CCC(=O)O[C@H]1[C@H](C)O[C@@H](O[C@H]2[C@H](N(C)C)[C@@H](O)[C@H](O[C@H]3[C@@H](CC=O)C[C@@H](C)[C@@H](O)/C=C/C=C/C[C@@H](C)OC(=O)C[C@@H](OC/C=C/c4ccc([N+](=O)[O-])cc4)[C@@H]3OC)O[C@@H]2C)C[C@@]1(C)O. The van der Waals surface area contributed by atoms with Gasteiger partial charge in [-0.25, -0.2) is 0 Å². The standard InChI is InChI=1S/C47H70N2O16/c1-10-37(52)63-45-31(5)61-39(27-47(45,6)55)64-42-30(4)62-46(41(54)40(42)48(7)8)65-43-33(22-23-50)25-28(2)35(51)17-13-11-12-15-29(3)60-38(53)26-36(44(43)58-9)59-24-14-16-32-18-20-34(21-19-32)49(56)57/h11-14,16-21,23,28-31,33,35-36,39-46,51,54-55H,10,15,22,24-27H2,1-9H3/b12-11+,16-14+,17-13+/t28-,29-,30-,31+,33+,35+,36-,39+,40-,41-,42-,43+,44+,45+,46+,47-/m1/s1. The van der Waals surface area contributed by atoms with Crippen molar-refractivity contribution in [3.05, 3.63) is 70.3 Å². The van der Waals surface area contributed by atoms with Crippen LogP contribution in [0, 0.1) is 22.0 Å². The number of carbonyl (C=O) groups excluding carboxylic acids is 3. The van der Waals surface area contributed by atoms with E-state index in [9.17, 15) is 39.8 Å². The van der Waals surface area contributed by atoms with E-state index >= 15 is 0 Å². The van der Waals surface area contributed by atoms with Gasteiger partial charge in [0.25, 0.3) is 5.69 Å². The number of allylic oxidation sites excluding steroid dienone is 2. The fourth-order valence-electron chi connectivity index (χ4n) is 8.68. The number of aliphatic hydroxyl groups excluding tert-OH is 2. The number of hydrogen-bond donors (Lipinski definition) is 3. The molecule has 0 unspecified atom stereocenters. The van der Waals surface area contributed by atoms with Gasteiger partial charge in [-0.05, 0) is 77.7 Å². The maximum Gasteiger partial charge on any atom is 0.308 e. The first-order chi connectivity index (χ1) is 30.8. The highest BCUT2D eigenvalue weighted by molar-refractivity contribution is 5.70. The van der Waals surface area contributed by atoms with Gasteiger partial charge >= 0.3 is 11.9 Å². The van der Waals surface area contributed by atoms with Crippen molar-refractivity contribution in [2.75, 3.05) is 27.8 Å². The highest BCUT2D eigenvalue weighted by Gasteiger charge is 2.53. The number of likely N-dealkylation sites (N-methyl/N-ethyl adjacent to an activating group) is 1. The lowest BCUT2D eigenvalue weighted by atomic mass is 9.82. The van der Waals surface area contributed by atoms with Gasteiger partial charge in [-0.1, -0.05) is 50.3 Å². The number of methoxy groups -OCH3 is 1. The van der Waals surface area contributed by atoms with Crippen LogP contribution in [0.1, 0.15) is 85.6 Å². The van der Waals surface area contributed by atoms with E-state index in [-0.39, 0.29) is 44.4 Å². The van der Waals surface area contributed by atoms with E-state index < -0.39 is 114 Å². The molecule has 0 radical (unpaired) electrons. The van der Waals surface area contributed by atoms with Crippen LogP contribution in [0.25, 0.3) is 6.08 Å². The Kier molecular flexibility index (Phi) is 20.9. The van der Waals surface area contributed by atoms with Crippen LogP contribution in [0.2, 0.25) is 0 Å². The molecule has 364 valence electrons. The summed E-state index contributed by atoms with van der Waals surface area (Å²) < 4.78 is 49.7. The zero-order valence-electron chi connectivity index (χ0n) is 39.0. The predicted octanol–water partition coefficient (Wildman–Crippen LogP) is 4.45. The fourth-order valence-corrected chi connectivity index (χ4v) is 8.68. The Morgan fingerprint density at radius 1 is 1.03 bits per heavy atom. The van der Waals surface area contributed by atoms with Gasteiger partial charge in [-0.15, -0.1) is 0 Å². The zero-order valence-corrected chi connectivity index (χ0v) is 39.0. The van der Waals surface area contributed by atoms with E-state index in [1.807, 2.05) is 13.0 Å². The maximum absolute atomic E-state index is 13.6. The van der Waals surface area contributed by atoms with Gasteiger partial charge in [0.15, 0.2) is 18.7 Å². The molecule has 3 aliphatic rings. The average Bonchev–Trinajstić information content (AvgIpc) is 3.24. The molecule has 3 aliphatic heterocycles. The van der Waals surface area contributed by atoms with Gasteiger partial charge in [0.2, 0.25) is 0 Å². The van der Waals surface area contributed by atoms with Crippen LogP contribution < -0.4 is 0 Å². The molecule has 0 amide bonds. The monoisotopic (exact) mass is 918 g/mol. The molecule has 1 aromatic rings. The molecule has 65 heavy (non-hydrogen) atoms. The Balaban J connectivity index is 1.69. The summed E-state index contributed by atoms with van der Waals surface area (Å²) in [5.41, 5.74) is -0.890. The van der Waals surface area contributed by atoms with Crippen LogP contribution in [-0.2, 0) is 52.3 Å². The second-order valence-electron chi connectivity index (χ2n) is 17.7. The molecule has 0 aliphatic carbocycles. The smallest absolute Gasteiger partial charge is 0.308 e. The van der Waals surface area contributed by atoms with E-state index in [0.29, 0.717) is 12.0 Å². The number of non-ortho nitro benzene ring substituents is 1. The average molecular weight is 919 g/mol. The molecular formula is C47H70N2O16. The van der Waals surface area contributed by atoms with E-state index in [1.54, 1.807) is 96.1 Å². The molecule has 18 nitrogen and oxygen atoms in total. The molecule has 2 fully saturated rings. The van der Waals surface area contributed by atoms with Gasteiger partial charge in [-0.2, -0.15) is 0 Å². The van der Waals surface area contributed by atoms with Crippen LogP contribution in [0.5, 0.6) is 0 Å². The lowest BCUT2D eigenvalue weighted by Gasteiger charge is -2.50. The number of nitro groups is 1. The van der Waals surface area contributed by atoms with Crippen molar-refractivity contribution in [1.82, 2.24) is 4.90 Å². The normalized spacial score (nSPS) is 37.6. The maximum atomic E-state index is 13.6. The number of nitrogens with zero attached hydrogens (tertiary/aromatic N) is 2. The highest BCUT2D eigenvalue weighted by atomic mass is 16.7. The number of nitro benzene ring substituents is 1. The number of ether oxygens (including phenoxy) is 8. The molecule has 1 aromatic carbocycles. The van der Waals surface area contributed by atoms with Crippen LogP contribution in [0.4, 0.5) is 5.69 Å². The van der Waals surface area contributed by atoms with Gasteiger partial charge in [0.05, 0.1) is 54.5 Å². The van der Waals surface area contributed by atoms with Gasteiger partial charge in [0, 0.05) is 44.9 Å². The summed E-state index contributed by atoms with van der Waals surface area (Å²) in [6, 6.07) is 5.16. The number of esters is 2. The quantitative estimate of drug-likeness (QED) is 0.0955. The van der Waals surface area contributed by atoms with Gasteiger partial charge in [-0.3, -0.25) is 19.7 Å². The Labute approximate surface area is 381 Å². The topological polar surface area (TPSA) is 232 Å². The molecule has 4 rings (SSSR count). The summed E-state index contributed by atoms with van der Waals surface area (Å²) in [6.07, 6.45) is -0.251. The number of carbonyl (C=O) groups is 3. The molecule has 3 N–H and O–H groups in total. The number of hydrogen-bond acceptors (Lipinski definition) is 17. The minimum atomic E-state index is -1.50. The number of aldehydes is 1. The first-order valence-electron chi connectivity index (χ1n) is 22.4. The summed E-state index contributed by atoms with van der Waals surface area (Å²) in [5.74, 6) is -2.15. The molecule has 2 saturated heterocycles. The third-order valence-electron chi connectivity index (χ3n) is 12.1. The van der Waals surface area contributed by atoms with E-state index in [1.165, 1.54) is 19.2 Å². The Morgan fingerprint density at radius 2 is 1.74 bits per heavy atom. The summed E-state index contributed by atoms with van der Waals surface area (Å²) in [7, 11) is 4.93. The molecular weight excluding hydrogens is 849 g/mol. The van der Waals surface area contributed by atoms with Crippen molar-refractivity contribution >= 4 is 30.0 Å². The van der Waals surface area contributed by atoms with Crippen LogP contribution >= 0.6 is 0 Å². The Hall–Kier alpha value is -3.95. The molecule has 0 bridgehead atoms. The van der Waals surface area contributed by atoms with Crippen LogP contribution in [0.15, 0.2) is 54.6 Å². The zero-order chi connectivity index (χ0) is 48.0. The lowest BCUT2D eigenvalue weighted by molar-refractivity contribution is -0.384. The second kappa shape index (κ2) is 25.3. The lowest BCUT2D eigenvalue weighted by Crippen LogP contribution is -2.66. The minimum absolute atomic E-state index is 0.0457. The third kappa shape index (κ3) is 15.3. The fraction of sp³-hybridized carbons (Fsp3) is 0.681. The van der Waals surface area contributed by atoms with Gasteiger partial charge in [0.1, 0.15) is 36.3 Å². The molecule has 3 heterocycles. The van der Waals surface area contributed by atoms with E-state index in [0.717, 1.165) is 6.29 Å². The van der Waals surface area contributed by atoms with Crippen molar-refractivity contribution in [2.24, 2.45) is 11.8 Å². The molecule has 0 aromatic heterocycles. The van der Waals surface area contributed by atoms with Crippen LogP contribution in [-0.4, -0.2) is 156 Å². The molecule has 18 heteroatoms. The largest absolute Gasteiger partial charge is 0.462 e. The van der Waals surface area contributed by atoms with Gasteiger partial charge < -0.3 is 62.9 Å². The van der Waals surface area contributed by atoms with E-state index in [2.05, 4.69) is 0 Å². The molecule has 0 spiro atoms. The van der Waals surface area contributed by atoms with Crippen molar-refractivity contribution in [3.8, 4) is 0 Å². The summed E-state index contributed by atoms with van der Waals surface area (Å²) in [6.45, 7) is 10.2. The van der Waals surface area contributed by atoms with Crippen molar-refractivity contribution < 1.29 is 72.5 Å². The first kappa shape index (κ1) is 53.7. The number of cyclic esters (lactones) is 1. The Bertz CT molecular complexity index is 1770. The number of aliphatic hydroxyl groups is 3. The van der Waals surface area contributed by atoms with Crippen LogP contribution in [0.3, 0.4) is 0 Å². The van der Waals surface area contributed by atoms with Crippen molar-refractivity contribution in [1.29, 1.82) is 0 Å². The van der Waals surface area contributed by atoms with Crippen molar-refractivity contribution in [3.63, 3.8) is 0 Å². The summed E-state index contributed by atoms with van der Waals surface area (Å²) in [4.78, 5) is 50.7.